The van der Waals surface area contributed by atoms with E-state index in [1.807, 2.05) is 60.4 Å². The fourth-order valence-electron chi connectivity index (χ4n) is 2.91. The Balaban J connectivity index is 1.62. The fraction of sp³-hybridized carbons (Fsp3) is 0.222. The first-order valence-corrected chi connectivity index (χ1v) is 7.43. The van der Waals surface area contributed by atoms with Crippen LogP contribution in [0.5, 0.6) is 0 Å². The van der Waals surface area contributed by atoms with Crippen LogP contribution in [-0.4, -0.2) is 17.4 Å². The summed E-state index contributed by atoms with van der Waals surface area (Å²) in [4.78, 5) is 18.7. The summed E-state index contributed by atoms with van der Waals surface area (Å²) in [6.45, 7) is 2.66. The van der Waals surface area contributed by atoms with E-state index >= 15 is 0 Å². The zero-order valence-electron chi connectivity index (χ0n) is 12.3. The first-order valence-electron chi connectivity index (χ1n) is 7.43. The summed E-state index contributed by atoms with van der Waals surface area (Å²) in [5, 5.41) is 0. The molecule has 1 aliphatic rings. The number of oxazole rings is 1. The summed E-state index contributed by atoms with van der Waals surface area (Å²) in [6.07, 6.45) is 0.445. The minimum atomic E-state index is 0.0150. The zero-order chi connectivity index (χ0) is 15.1. The molecule has 4 rings (SSSR count). The van der Waals surface area contributed by atoms with Gasteiger partial charge in [0.1, 0.15) is 5.52 Å². The molecule has 1 aromatic heterocycles. The number of hydrogen-bond donors (Lipinski definition) is 0. The molecule has 1 unspecified atom stereocenters. The van der Waals surface area contributed by atoms with Crippen molar-refractivity contribution in [1.29, 1.82) is 0 Å². The molecule has 0 N–H and O–H groups in total. The Bertz CT molecular complexity index is 803. The standard InChI is InChI=1S/C18H16N2O2/c1-12-6-8-14(9-7-12)20-11-13(10-17(20)21)18-19-15-4-2-3-5-16(15)22-18/h2-9,13H,10-11H2,1H3. The number of benzene rings is 2. The molecule has 0 saturated carbocycles. The van der Waals surface area contributed by atoms with Gasteiger partial charge in [-0.3, -0.25) is 4.79 Å². The Morgan fingerprint density at radius 2 is 1.91 bits per heavy atom. The second kappa shape index (κ2) is 4.98. The van der Waals surface area contributed by atoms with E-state index in [2.05, 4.69) is 4.98 Å². The number of aromatic nitrogens is 1. The third-order valence-electron chi connectivity index (χ3n) is 4.13. The minimum absolute atomic E-state index is 0.0150. The number of carbonyl (C=O) groups is 1. The van der Waals surface area contributed by atoms with E-state index in [1.165, 1.54) is 5.56 Å². The first kappa shape index (κ1) is 13.1. The summed E-state index contributed by atoms with van der Waals surface area (Å²) in [6, 6.07) is 15.7. The molecule has 0 spiro atoms. The monoisotopic (exact) mass is 292 g/mol. The van der Waals surface area contributed by atoms with Crippen molar-refractivity contribution in [3.05, 3.63) is 60.0 Å². The lowest BCUT2D eigenvalue weighted by Gasteiger charge is -2.16. The number of amides is 1. The van der Waals surface area contributed by atoms with E-state index in [0.717, 1.165) is 16.8 Å². The van der Waals surface area contributed by atoms with Crippen LogP contribution in [0.15, 0.2) is 52.9 Å². The third-order valence-corrected chi connectivity index (χ3v) is 4.13. The summed E-state index contributed by atoms with van der Waals surface area (Å²) in [5.74, 6) is 0.793. The van der Waals surface area contributed by atoms with Crippen LogP contribution in [-0.2, 0) is 4.79 Å². The molecule has 1 fully saturated rings. The van der Waals surface area contributed by atoms with Crippen LogP contribution in [0.1, 0.15) is 23.8 Å². The topological polar surface area (TPSA) is 46.3 Å². The average molecular weight is 292 g/mol. The largest absolute Gasteiger partial charge is 0.440 e. The SMILES string of the molecule is Cc1ccc(N2CC(c3nc4ccccc4o3)CC2=O)cc1. The van der Waals surface area contributed by atoms with E-state index < -0.39 is 0 Å². The van der Waals surface area contributed by atoms with Crippen molar-refractivity contribution in [2.45, 2.75) is 19.3 Å². The van der Waals surface area contributed by atoms with Crippen LogP contribution in [0.4, 0.5) is 5.69 Å². The number of aryl methyl sites for hydroxylation is 1. The summed E-state index contributed by atoms with van der Waals surface area (Å²) < 4.78 is 5.81. The number of anilines is 1. The molecule has 4 nitrogen and oxygen atoms in total. The fourth-order valence-corrected chi connectivity index (χ4v) is 2.91. The van der Waals surface area contributed by atoms with Crippen molar-refractivity contribution in [2.75, 3.05) is 11.4 Å². The molecule has 2 aromatic carbocycles. The van der Waals surface area contributed by atoms with Crippen molar-refractivity contribution in [2.24, 2.45) is 0 Å². The second-order valence-electron chi connectivity index (χ2n) is 5.76. The molecule has 1 amide bonds. The molecule has 0 radical (unpaired) electrons. The van der Waals surface area contributed by atoms with Crippen molar-refractivity contribution in [1.82, 2.24) is 4.98 Å². The smallest absolute Gasteiger partial charge is 0.227 e. The highest BCUT2D eigenvalue weighted by Crippen LogP contribution is 2.32. The number of carbonyl (C=O) groups excluding carboxylic acids is 1. The Morgan fingerprint density at radius 3 is 2.68 bits per heavy atom. The highest BCUT2D eigenvalue weighted by atomic mass is 16.3. The van der Waals surface area contributed by atoms with Gasteiger partial charge in [0.25, 0.3) is 0 Å². The lowest BCUT2D eigenvalue weighted by atomic mass is 10.1. The molecule has 4 heteroatoms. The van der Waals surface area contributed by atoms with Crippen LogP contribution in [0.2, 0.25) is 0 Å². The molecule has 1 saturated heterocycles. The molecular formula is C18H16N2O2. The Kier molecular flexibility index (Phi) is 2.96. The Morgan fingerprint density at radius 1 is 1.14 bits per heavy atom. The van der Waals surface area contributed by atoms with E-state index in [1.54, 1.807) is 0 Å². The molecule has 0 bridgehead atoms. The molecule has 22 heavy (non-hydrogen) atoms. The van der Waals surface area contributed by atoms with Gasteiger partial charge in [-0.2, -0.15) is 0 Å². The van der Waals surface area contributed by atoms with E-state index in [-0.39, 0.29) is 11.8 Å². The zero-order valence-corrected chi connectivity index (χ0v) is 12.3. The van der Waals surface area contributed by atoms with Gasteiger partial charge in [-0.1, -0.05) is 29.8 Å². The van der Waals surface area contributed by atoms with Gasteiger partial charge in [-0.25, -0.2) is 4.98 Å². The third kappa shape index (κ3) is 2.17. The van der Waals surface area contributed by atoms with Crippen molar-refractivity contribution in [3.8, 4) is 0 Å². The first-order chi connectivity index (χ1) is 10.7. The maximum absolute atomic E-state index is 12.3. The van der Waals surface area contributed by atoms with Crippen LogP contribution >= 0.6 is 0 Å². The lowest BCUT2D eigenvalue weighted by Crippen LogP contribution is -2.24. The normalized spacial score (nSPS) is 18.3. The van der Waals surface area contributed by atoms with Gasteiger partial charge in [0.2, 0.25) is 11.8 Å². The second-order valence-corrected chi connectivity index (χ2v) is 5.76. The maximum atomic E-state index is 12.3. The number of hydrogen-bond acceptors (Lipinski definition) is 3. The summed E-state index contributed by atoms with van der Waals surface area (Å²) >= 11 is 0. The minimum Gasteiger partial charge on any atom is -0.440 e. The quantitative estimate of drug-likeness (QED) is 0.724. The summed E-state index contributed by atoms with van der Waals surface area (Å²) in [7, 11) is 0. The van der Waals surface area contributed by atoms with Gasteiger partial charge in [0.15, 0.2) is 5.58 Å². The Hall–Kier alpha value is -2.62. The van der Waals surface area contributed by atoms with Crippen LogP contribution in [0.3, 0.4) is 0 Å². The number of fused-ring (bicyclic) bond motifs is 1. The number of rotatable bonds is 2. The Labute approximate surface area is 128 Å². The molecule has 110 valence electrons. The molecule has 2 heterocycles. The van der Waals surface area contributed by atoms with Gasteiger partial charge in [0, 0.05) is 18.7 Å². The lowest BCUT2D eigenvalue weighted by molar-refractivity contribution is -0.117. The molecule has 0 aliphatic carbocycles. The van der Waals surface area contributed by atoms with E-state index in [9.17, 15) is 4.79 Å². The van der Waals surface area contributed by atoms with Crippen LogP contribution in [0, 0.1) is 6.92 Å². The van der Waals surface area contributed by atoms with Gasteiger partial charge >= 0.3 is 0 Å². The van der Waals surface area contributed by atoms with E-state index in [0.29, 0.717) is 18.9 Å². The predicted molar refractivity (Wildman–Crippen MR) is 84.9 cm³/mol. The highest BCUT2D eigenvalue weighted by Gasteiger charge is 2.34. The van der Waals surface area contributed by atoms with Crippen LogP contribution in [0.25, 0.3) is 11.1 Å². The van der Waals surface area contributed by atoms with Gasteiger partial charge < -0.3 is 9.32 Å². The highest BCUT2D eigenvalue weighted by molar-refractivity contribution is 5.96. The van der Waals surface area contributed by atoms with Gasteiger partial charge in [0.05, 0.1) is 5.92 Å². The number of para-hydroxylation sites is 2. The molecular weight excluding hydrogens is 276 g/mol. The molecule has 1 atom stereocenters. The summed E-state index contributed by atoms with van der Waals surface area (Å²) in [5.41, 5.74) is 3.75. The van der Waals surface area contributed by atoms with Gasteiger partial charge in [-0.15, -0.1) is 0 Å². The van der Waals surface area contributed by atoms with Crippen molar-refractivity contribution < 1.29 is 9.21 Å². The van der Waals surface area contributed by atoms with Crippen molar-refractivity contribution >= 4 is 22.7 Å². The number of nitrogens with zero attached hydrogens (tertiary/aromatic N) is 2. The van der Waals surface area contributed by atoms with Crippen molar-refractivity contribution in [3.63, 3.8) is 0 Å². The maximum Gasteiger partial charge on any atom is 0.227 e. The molecule has 1 aliphatic heterocycles. The molecule has 3 aromatic rings. The van der Waals surface area contributed by atoms with Crippen LogP contribution < -0.4 is 4.90 Å². The van der Waals surface area contributed by atoms with E-state index in [4.69, 9.17) is 4.42 Å². The van der Waals surface area contributed by atoms with Gasteiger partial charge in [-0.05, 0) is 31.2 Å². The predicted octanol–water partition coefficient (Wildman–Crippen LogP) is 3.66. The average Bonchev–Trinajstić information content (AvgIpc) is 3.11.